The Kier molecular flexibility index (Phi) is 5.95. The standard InChI is InChI=1S/C11H18N2O/c14-10-2-1-6-12-7-3-11-4-8-13-9-5-11/h4-5,8-9,12,14H,1-3,6-7,10H2. The number of hydrogen-bond acceptors (Lipinski definition) is 3. The van der Waals surface area contributed by atoms with Crippen molar-refractivity contribution in [3.8, 4) is 0 Å². The molecule has 0 spiro atoms. The number of nitrogens with one attached hydrogen (secondary N) is 1. The van der Waals surface area contributed by atoms with Crippen LogP contribution in [0.5, 0.6) is 0 Å². The van der Waals surface area contributed by atoms with E-state index in [9.17, 15) is 0 Å². The highest BCUT2D eigenvalue weighted by atomic mass is 16.2. The quantitative estimate of drug-likeness (QED) is 0.636. The Bertz CT molecular complexity index is 226. The summed E-state index contributed by atoms with van der Waals surface area (Å²) in [6, 6.07) is 4.07. The van der Waals surface area contributed by atoms with Crippen LogP contribution in [0.3, 0.4) is 0 Å². The molecule has 0 saturated heterocycles. The maximum atomic E-state index is 8.57. The highest BCUT2D eigenvalue weighted by Gasteiger charge is 1.91. The van der Waals surface area contributed by atoms with Crippen LogP contribution in [0.25, 0.3) is 0 Å². The minimum Gasteiger partial charge on any atom is -0.396 e. The fraction of sp³-hybridized carbons (Fsp3) is 0.545. The van der Waals surface area contributed by atoms with Crippen LogP contribution in [0.15, 0.2) is 24.5 Å². The van der Waals surface area contributed by atoms with E-state index in [2.05, 4.69) is 10.3 Å². The van der Waals surface area contributed by atoms with Crippen molar-refractivity contribution in [2.75, 3.05) is 19.7 Å². The monoisotopic (exact) mass is 194 g/mol. The second-order valence-corrected chi connectivity index (χ2v) is 3.29. The van der Waals surface area contributed by atoms with Crippen molar-refractivity contribution in [1.82, 2.24) is 10.3 Å². The van der Waals surface area contributed by atoms with Gasteiger partial charge in [0.05, 0.1) is 0 Å². The average molecular weight is 194 g/mol. The Balaban J connectivity index is 1.99. The number of aromatic nitrogens is 1. The molecule has 1 aromatic heterocycles. The molecule has 1 aromatic rings. The van der Waals surface area contributed by atoms with Crippen molar-refractivity contribution < 1.29 is 5.11 Å². The summed E-state index contributed by atoms with van der Waals surface area (Å²) in [6.07, 6.45) is 6.62. The van der Waals surface area contributed by atoms with Gasteiger partial charge in [0.2, 0.25) is 0 Å². The molecule has 0 aliphatic rings. The van der Waals surface area contributed by atoms with Crippen LogP contribution in [0.4, 0.5) is 0 Å². The van der Waals surface area contributed by atoms with E-state index in [0.29, 0.717) is 6.61 Å². The molecule has 0 bridgehead atoms. The molecule has 0 aromatic carbocycles. The van der Waals surface area contributed by atoms with Crippen molar-refractivity contribution in [3.05, 3.63) is 30.1 Å². The van der Waals surface area contributed by atoms with Gasteiger partial charge < -0.3 is 10.4 Å². The van der Waals surface area contributed by atoms with Crippen LogP contribution in [0.1, 0.15) is 18.4 Å². The van der Waals surface area contributed by atoms with Gasteiger partial charge in [-0.1, -0.05) is 0 Å². The Morgan fingerprint density at radius 1 is 1.14 bits per heavy atom. The molecule has 78 valence electrons. The number of aliphatic hydroxyl groups is 1. The molecule has 2 N–H and O–H groups in total. The van der Waals surface area contributed by atoms with E-state index in [1.54, 1.807) is 0 Å². The van der Waals surface area contributed by atoms with Gasteiger partial charge in [-0.15, -0.1) is 0 Å². The molecule has 0 saturated carbocycles. The molecule has 1 rings (SSSR count). The first-order valence-electron chi connectivity index (χ1n) is 5.14. The normalized spacial score (nSPS) is 10.4. The average Bonchev–Trinajstić information content (AvgIpc) is 2.25. The minimum absolute atomic E-state index is 0.298. The molecule has 3 nitrogen and oxygen atoms in total. The summed E-state index contributed by atoms with van der Waals surface area (Å²) in [6.45, 7) is 2.28. The zero-order valence-corrected chi connectivity index (χ0v) is 8.45. The topological polar surface area (TPSA) is 45.1 Å². The van der Waals surface area contributed by atoms with Crippen LogP contribution < -0.4 is 5.32 Å². The Morgan fingerprint density at radius 2 is 1.93 bits per heavy atom. The first-order chi connectivity index (χ1) is 6.93. The van der Waals surface area contributed by atoms with Crippen LogP contribution in [-0.2, 0) is 6.42 Å². The van der Waals surface area contributed by atoms with E-state index >= 15 is 0 Å². The van der Waals surface area contributed by atoms with E-state index in [1.165, 1.54) is 5.56 Å². The summed E-state index contributed by atoms with van der Waals surface area (Å²) < 4.78 is 0. The number of unbranched alkanes of at least 4 members (excludes halogenated alkanes) is 1. The zero-order chi connectivity index (χ0) is 10.1. The molecule has 0 amide bonds. The molecular formula is C11H18N2O. The highest BCUT2D eigenvalue weighted by molar-refractivity contribution is 5.09. The zero-order valence-electron chi connectivity index (χ0n) is 8.45. The number of pyridine rings is 1. The number of rotatable bonds is 7. The Hall–Kier alpha value is -0.930. The first-order valence-corrected chi connectivity index (χ1v) is 5.14. The molecule has 0 aliphatic carbocycles. The van der Waals surface area contributed by atoms with Crippen molar-refractivity contribution in [2.24, 2.45) is 0 Å². The van der Waals surface area contributed by atoms with Crippen molar-refractivity contribution >= 4 is 0 Å². The lowest BCUT2D eigenvalue weighted by molar-refractivity contribution is 0.284. The maximum absolute atomic E-state index is 8.57. The van der Waals surface area contributed by atoms with E-state index in [-0.39, 0.29) is 0 Å². The summed E-state index contributed by atoms with van der Waals surface area (Å²) >= 11 is 0. The van der Waals surface area contributed by atoms with Gasteiger partial charge in [-0.05, 0) is 50.0 Å². The van der Waals surface area contributed by atoms with E-state index in [4.69, 9.17) is 5.11 Å². The summed E-state index contributed by atoms with van der Waals surface area (Å²) in [7, 11) is 0. The third kappa shape index (κ3) is 4.94. The molecule has 1 heterocycles. The number of aliphatic hydroxyl groups excluding tert-OH is 1. The molecular weight excluding hydrogens is 176 g/mol. The van der Waals surface area contributed by atoms with Gasteiger partial charge in [0.25, 0.3) is 0 Å². The molecule has 0 fully saturated rings. The summed E-state index contributed by atoms with van der Waals surface area (Å²) in [5.74, 6) is 0. The molecule has 3 heteroatoms. The molecule has 0 radical (unpaired) electrons. The second-order valence-electron chi connectivity index (χ2n) is 3.29. The summed E-state index contributed by atoms with van der Waals surface area (Å²) in [4.78, 5) is 3.97. The van der Waals surface area contributed by atoms with Crippen LogP contribution in [0.2, 0.25) is 0 Å². The van der Waals surface area contributed by atoms with Gasteiger partial charge in [-0.25, -0.2) is 0 Å². The number of hydrogen-bond donors (Lipinski definition) is 2. The Morgan fingerprint density at radius 3 is 2.64 bits per heavy atom. The molecule has 0 aliphatic heterocycles. The van der Waals surface area contributed by atoms with Crippen LogP contribution in [0, 0.1) is 0 Å². The van der Waals surface area contributed by atoms with Gasteiger partial charge >= 0.3 is 0 Å². The van der Waals surface area contributed by atoms with Gasteiger partial charge in [-0.2, -0.15) is 0 Å². The maximum Gasteiger partial charge on any atom is 0.0431 e. The second kappa shape index (κ2) is 7.47. The highest BCUT2D eigenvalue weighted by Crippen LogP contribution is 1.95. The fourth-order valence-electron chi connectivity index (χ4n) is 1.27. The predicted molar refractivity (Wildman–Crippen MR) is 57.1 cm³/mol. The van der Waals surface area contributed by atoms with Crippen molar-refractivity contribution in [1.29, 1.82) is 0 Å². The molecule has 0 unspecified atom stereocenters. The fourth-order valence-corrected chi connectivity index (χ4v) is 1.27. The lowest BCUT2D eigenvalue weighted by Crippen LogP contribution is -2.18. The van der Waals surface area contributed by atoms with E-state index in [0.717, 1.165) is 32.4 Å². The van der Waals surface area contributed by atoms with Crippen LogP contribution in [-0.4, -0.2) is 29.8 Å². The van der Waals surface area contributed by atoms with Gasteiger partial charge in [-0.3, -0.25) is 4.98 Å². The van der Waals surface area contributed by atoms with Gasteiger partial charge in [0, 0.05) is 19.0 Å². The SMILES string of the molecule is OCCCCNCCc1ccncc1. The van der Waals surface area contributed by atoms with Crippen molar-refractivity contribution in [2.45, 2.75) is 19.3 Å². The molecule has 0 atom stereocenters. The molecule has 14 heavy (non-hydrogen) atoms. The number of nitrogens with zero attached hydrogens (tertiary/aromatic N) is 1. The summed E-state index contributed by atoms with van der Waals surface area (Å²) in [5.41, 5.74) is 1.31. The summed E-state index contributed by atoms with van der Waals surface area (Å²) in [5, 5.41) is 11.9. The lowest BCUT2D eigenvalue weighted by atomic mass is 10.2. The van der Waals surface area contributed by atoms with E-state index in [1.807, 2.05) is 24.5 Å². The Labute approximate surface area is 85.2 Å². The smallest absolute Gasteiger partial charge is 0.0431 e. The lowest BCUT2D eigenvalue weighted by Gasteiger charge is -2.03. The van der Waals surface area contributed by atoms with Crippen LogP contribution >= 0.6 is 0 Å². The third-order valence-corrected chi connectivity index (χ3v) is 2.10. The minimum atomic E-state index is 0.298. The largest absolute Gasteiger partial charge is 0.396 e. The first kappa shape index (κ1) is 11.1. The van der Waals surface area contributed by atoms with Gasteiger partial charge in [0.1, 0.15) is 0 Å². The van der Waals surface area contributed by atoms with Gasteiger partial charge in [0.15, 0.2) is 0 Å². The third-order valence-electron chi connectivity index (χ3n) is 2.10. The van der Waals surface area contributed by atoms with E-state index < -0.39 is 0 Å². The predicted octanol–water partition coefficient (Wildman–Crippen LogP) is 0.986. The van der Waals surface area contributed by atoms with Crippen molar-refractivity contribution in [3.63, 3.8) is 0 Å².